The quantitative estimate of drug-likeness (QED) is 0.0237. The van der Waals surface area contributed by atoms with Gasteiger partial charge in [0.05, 0.1) is 37.9 Å². The molecule has 0 aliphatic rings. The van der Waals surface area contributed by atoms with Crippen LogP contribution in [0.3, 0.4) is 0 Å². The molecule has 0 aliphatic heterocycles. The summed E-state index contributed by atoms with van der Waals surface area (Å²) in [5, 5.41) is 23.9. The zero-order valence-electron chi connectivity index (χ0n) is 33.0. The molecule has 10 heteroatoms. The molecule has 0 fully saturated rings. The fourth-order valence-electron chi connectivity index (χ4n) is 6.11. The summed E-state index contributed by atoms with van der Waals surface area (Å²) in [6.07, 6.45) is 38.5. The van der Waals surface area contributed by atoms with Crippen molar-refractivity contribution >= 4 is 13.7 Å². The predicted octanol–water partition coefficient (Wildman–Crippen LogP) is 10.4. The van der Waals surface area contributed by atoms with Crippen LogP contribution in [0.25, 0.3) is 0 Å². The Labute approximate surface area is 313 Å². The molecule has 0 aromatic rings. The molecule has 4 unspecified atom stereocenters. The second-order valence-corrected chi connectivity index (χ2v) is 15.8. The molecule has 9 nitrogen and oxygen atoms in total. The van der Waals surface area contributed by atoms with Gasteiger partial charge in [-0.25, -0.2) is 4.57 Å². The lowest BCUT2D eigenvalue weighted by Crippen LogP contribution is -2.46. The minimum atomic E-state index is -4.39. The first-order valence-electron chi connectivity index (χ1n) is 21.0. The number of carbonyl (C=O) groups excluding carboxylic acids is 1. The number of hydrogen-bond acceptors (Lipinski definition) is 7. The van der Waals surface area contributed by atoms with Gasteiger partial charge >= 0.3 is 7.82 Å². The van der Waals surface area contributed by atoms with Crippen LogP contribution in [-0.2, 0) is 18.4 Å². The van der Waals surface area contributed by atoms with Crippen LogP contribution in [0, 0.1) is 0 Å². The van der Waals surface area contributed by atoms with E-state index in [-0.39, 0.29) is 19.6 Å². The van der Waals surface area contributed by atoms with Crippen LogP contribution in [0.15, 0.2) is 24.3 Å². The Morgan fingerprint density at radius 3 is 1.57 bits per heavy atom. The SMILES string of the molecule is CCCCCCCCC/C=C/C(O)C(COP(=O)(O)OCCN)NC(=O)CC(O)CCCCCCC/C=C\CCCCCCCCCCCCC. The Morgan fingerprint density at radius 2 is 1.10 bits per heavy atom. The molecule has 0 aliphatic carbocycles. The van der Waals surface area contributed by atoms with Crippen LogP contribution < -0.4 is 11.1 Å². The van der Waals surface area contributed by atoms with Gasteiger partial charge in [0.25, 0.3) is 0 Å². The third kappa shape index (κ3) is 35.7. The normalized spacial score (nSPS) is 15.0. The summed E-state index contributed by atoms with van der Waals surface area (Å²) in [7, 11) is -4.39. The summed E-state index contributed by atoms with van der Waals surface area (Å²) >= 11 is 0. The molecule has 0 radical (unpaired) electrons. The zero-order chi connectivity index (χ0) is 37.7. The van der Waals surface area contributed by atoms with Gasteiger partial charge in [0.2, 0.25) is 5.91 Å². The highest BCUT2D eigenvalue weighted by molar-refractivity contribution is 7.47. The standard InChI is InChI=1S/C41H81N2O7P/c1-3-5-7-9-11-13-14-15-16-17-18-19-20-21-22-23-25-26-28-30-32-38(44)36-41(46)43-39(37-50-51(47,48)49-35-34-42)40(45)33-31-29-27-24-12-10-8-6-4-2/h20-21,31,33,38-40,44-45H,3-19,22-30,32,34-37,42H2,1-2H3,(H,43,46)(H,47,48)/b21-20-,33-31+. The van der Waals surface area contributed by atoms with Gasteiger partial charge in [0.1, 0.15) is 0 Å². The Balaban J connectivity index is 4.20. The largest absolute Gasteiger partial charge is 0.472 e. The van der Waals surface area contributed by atoms with E-state index in [1.165, 1.54) is 116 Å². The van der Waals surface area contributed by atoms with Gasteiger partial charge < -0.3 is 26.2 Å². The first-order valence-corrected chi connectivity index (χ1v) is 22.5. The number of allylic oxidation sites excluding steroid dienone is 3. The van der Waals surface area contributed by atoms with Crippen molar-refractivity contribution in [2.24, 2.45) is 5.73 Å². The van der Waals surface area contributed by atoms with Crippen molar-refractivity contribution in [1.82, 2.24) is 5.32 Å². The fourth-order valence-corrected chi connectivity index (χ4v) is 6.87. The maximum absolute atomic E-state index is 12.7. The topological polar surface area (TPSA) is 151 Å². The third-order valence-corrected chi connectivity index (χ3v) is 10.3. The molecule has 6 N–H and O–H groups in total. The van der Waals surface area contributed by atoms with Crippen molar-refractivity contribution in [2.75, 3.05) is 19.8 Å². The molecule has 302 valence electrons. The average molecular weight is 745 g/mol. The number of carbonyl (C=O) groups is 1. The zero-order valence-corrected chi connectivity index (χ0v) is 33.9. The van der Waals surface area contributed by atoms with E-state index >= 15 is 0 Å². The van der Waals surface area contributed by atoms with E-state index in [1.54, 1.807) is 6.08 Å². The molecule has 0 saturated heterocycles. The van der Waals surface area contributed by atoms with Crippen LogP contribution >= 0.6 is 7.82 Å². The number of aliphatic hydroxyl groups excluding tert-OH is 2. The highest BCUT2D eigenvalue weighted by Gasteiger charge is 2.27. The van der Waals surface area contributed by atoms with E-state index in [2.05, 4.69) is 31.3 Å². The van der Waals surface area contributed by atoms with Crippen LogP contribution in [-0.4, -0.2) is 59.0 Å². The molecule has 0 rings (SSSR count). The summed E-state index contributed by atoms with van der Waals surface area (Å²) in [5.41, 5.74) is 5.34. The summed E-state index contributed by atoms with van der Waals surface area (Å²) in [6, 6.07) is -0.981. The number of nitrogens with two attached hydrogens (primary N) is 1. The summed E-state index contributed by atoms with van der Waals surface area (Å²) in [4.78, 5) is 22.6. The number of rotatable bonds is 39. The Morgan fingerprint density at radius 1 is 0.667 bits per heavy atom. The van der Waals surface area contributed by atoms with Crippen molar-refractivity contribution in [1.29, 1.82) is 0 Å². The van der Waals surface area contributed by atoms with Crippen LogP contribution in [0.4, 0.5) is 0 Å². The first kappa shape index (κ1) is 49.9. The lowest BCUT2D eigenvalue weighted by molar-refractivity contribution is -0.124. The van der Waals surface area contributed by atoms with E-state index in [9.17, 15) is 24.5 Å². The van der Waals surface area contributed by atoms with Gasteiger partial charge in [-0.15, -0.1) is 0 Å². The van der Waals surface area contributed by atoms with E-state index < -0.39 is 38.6 Å². The van der Waals surface area contributed by atoms with Crippen LogP contribution in [0.1, 0.15) is 194 Å². The number of phosphoric acid groups is 1. The second kappa shape index (κ2) is 37.3. The molecule has 0 spiro atoms. The lowest BCUT2D eigenvalue weighted by atomic mass is 10.0. The number of hydrogen-bond donors (Lipinski definition) is 5. The lowest BCUT2D eigenvalue weighted by Gasteiger charge is -2.24. The first-order chi connectivity index (χ1) is 24.8. The van der Waals surface area contributed by atoms with Gasteiger partial charge in [0, 0.05) is 6.54 Å². The number of amides is 1. The average Bonchev–Trinajstić information content (AvgIpc) is 3.10. The Hall–Kier alpha value is -1.06. The second-order valence-electron chi connectivity index (χ2n) is 14.4. The van der Waals surface area contributed by atoms with E-state index in [0.717, 1.165) is 51.4 Å². The van der Waals surface area contributed by atoms with Crippen molar-refractivity contribution in [3.63, 3.8) is 0 Å². The van der Waals surface area contributed by atoms with Crippen molar-refractivity contribution < 1.29 is 33.5 Å². The summed E-state index contributed by atoms with van der Waals surface area (Å²) in [5.74, 6) is -0.453. The van der Waals surface area contributed by atoms with Crippen molar-refractivity contribution in [3.8, 4) is 0 Å². The summed E-state index contributed by atoms with van der Waals surface area (Å²) < 4.78 is 22.0. The van der Waals surface area contributed by atoms with Gasteiger partial charge in [-0.1, -0.05) is 167 Å². The van der Waals surface area contributed by atoms with E-state index in [1.807, 2.05) is 6.08 Å². The van der Waals surface area contributed by atoms with Gasteiger partial charge in [-0.2, -0.15) is 0 Å². The van der Waals surface area contributed by atoms with Crippen LogP contribution in [0.5, 0.6) is 0 Å². The van der Waals surface area contributed by atoms with E-state index in [4.69, 9.17) is 14.8 Å². The molecular weight excluding hydrogens is 663 g/mol. The van der Waals surface area contributed by atoms with Gasteiger partial charge in [0.15, 0.2) is 0 Å². The summed E-state index contributed by atoms with van der Waals surface area (Å²) in [6.45, 7) is 3.93. The molecule has 51 heavy (non-hydrogen) atoms. The monoisotopic (exact) mass is 745 g/mol. The molecular formula is C41H81N2O7P. The number of nitrogens with one attached hydrogen (secondary N) is 1. The predicted molar refractivity (Wildman–Crippen MR) is 214 cm³/mol. The number of aliphatic hydroxyl groups is 2. The molecule has 4 atom stereocenters. The molecule has 0 aromatic carbocycles. The van der Waals surface area contributed by atoms with Gasteiger partial charge in [-0.05, 0) is 44.9 Å². The fraction of sp³-hybridized carbons (Fsp3) is 0.878. The molecule has 0 saturated carbocycles. The van der Waals surface area contributed by atoms with Gasteiger partial charge in [-0.3, -0.25) is 13.8 Å². The number of phosphoric ester groups is 1. The molecule has 0 heterocycles. The Bertz CT molecular complexity index is 873. The number of unbranched alkanes of at least 4 members (excludes halogenated alkanes) is 23. The maximum Gasteiger partial charge on any atom is 0.472 e. The van der Waals surface area contributed by atoms with Crippen molar-refractivity contribution in [2.45, 2.75) is 212 Å². The third-order valence-electron chi connectivity index (χ3n) is 9.33. The smallest absolute Gasteiger partial charge is 0.393 e. The molecule has 0 bridgehead atoms. The highest BCUT2D eigenvalue weighted by atomic mass is 31.2. The minimum absolute atomic E-state index is 0.0484. The maximum atomic E-state index is 12.7. The van der Waals surface area contributed by atoms with Crippen LogP contribution in [0.2, 0.25) is 0 Å². The Kier molecular flexibility index (Phi) is 36.5. The van der Waals surface area contributed by atoms with Crippen molar-refractivity contribution in [3.05, 3.63) is 24.3 Å². The minimum Gasteiger partial charge on any atom is -0.393 e. The molecule has 0 aromatic heterocycles. The molecule has 1 amide bonds. The highest BCUT2D eigenvalue weighted by Crippen LogP contribution is 2.43. The van der Waals surface area contributed by atoms with E-state index in [0.29, 0.717) is 6.42 Å².